The summed E-state index contributed by atoms with van der Waals surface area (Å²) in [5.41, 5.74) is -0.545. The minimum Gasteiger partial charge on any atom is -0.481 e. The van der Waals surface area contributed by atoms with E-state index in [2.05, 4.69) is 263 Å². The van der Waals surface area contributed by atoms with E-state index in [1.807, 2.05) is 32.5 Å². The molecule has 12 aromatic rings. The molecule has 0 saturated heterocycles. The minimum atomic E-state index is -0.151. The number of benzene rings is 8. The Labute approximate surface area is 550 Å². The van der Waals surface area contributed by atoms with E-state index in [0.29, 0.717) is 23.7 Å². The quantitative estimate of drug-likeness (QED) is 0.0745. The van der Waals surface area contributed by atoms with Crippen LogP contribution in [0.15, 0.2) is 240 Å². The Balaban J connectivity index is 0.000000131. The van der Waals surface area contributed by atoms with Gasteiger partial charge in [-0.2, -0.15) is 0 Å². The predicted molar refractivity (Wildman–Crippen MR) is 387 cm³/mol. The van der Waals surface area contributed by atoms with Gasteiger partial charge in [0.1, 0.15) is 45.4 Å². The lowest BCUT2D eigenvalue weighted by atomic mass is 10.1. The van der Waals surface area contributed by atoms with Crippen LogP contribution in [0, 0.1) is 23.7 Å². The molecule has 4 aromatic heterocycles. The fourth-order valence-electron chi connectivity index (χ4n) is 13.1. The number of rotatable bonds is 19. The van der Waals surface area contributed by atoms with E-state index in [1.54, 1.807) is 34.0 Å². The highest BCUT2D eigenvalue weighted by molar-refractivity contribution is 7.11. The van der Waals surface area contributed by atoms with Gasteiger partial charge in [0.05, 0.1) is 0 Å². The molecule has 0 spiro atoms. The second kappa shape index (κ2) is 28.9. The van der Waals surface area contributed by atoms with Crippen LogP contribution in [-0.2, 0) is 22.4 Å². The van der Waals surface area contributed by atoms with Gasteiger partial charge in [-0.15, -0.1) is 45.3 Å². The molecule has 7 nitrogen and oxygen atoms in total. The Morgan fingerprint density at radius 1 is 0.311 bits per heavy atom. The standard InChI is InChI=1S/3C19H19NOS.C19H18OS.3CH4/c3*1-20-13-15-12-19(15,18-10-5-11-22-18)21-17-9-4-7-14-6-2-3-8-16(14)17;1-2-15-13-19(15,18-11-6-12-21-18)20-17-10-5-8-14-7-3-4-9-16(14)17;;;/h3*2-11,15,20H,12-13H2,1H3;3-12,15H,2,13H2,1H3;3*1H4/t15-,19?;15-,19+;15-,19-;15-,19?;;;/m0010.../s1. The van der Waals surface area contributed by atoms with Crippen molar-refractivity contribution in [3.63, 3.8) is 0 Å². The summed E-state index contributed by atoms with van der Waals surface area (Å²) < 4.78 is 26.4. The van der Waals surface area contributed by atoms with Gasteiger partial charge in [0.2, 0.25) is 0 Å². The number of thiophene rings is 4. The van der Waals surface area contributed by atoms with Crippen molar-refractivity contribution in [2.45, 2.75) is 83.7 Å². The summed E-state index contributed by atoms with van der Waals surface area (Å²) in [7, 11) is 6.03. The summed E-state index contributed by atoms with van der Waals surface area (Å²) in [6.45, 7) is 5.22. The van der Waals surface area contributed by atoms with E-state index in [0.717, 1.165) is 68.3 Å². The van der Waals surface area contributed by atoms with Gasteiger partial charge in [-0.3, -0.25) is 0 Å². The monoisotopic (exact) mass is 1270 g/mol. The Hall–Kier alpha value is -7.32. The van der Waals surface area contributed by atoms with Crippen LogP contribution >= 0.6 is 45.3 Å². The van der Waals surface area contributed by atoms with Crippen molar-refractivity contribution >= 4 is 88.4 Å². The van der Waals surface area contributed by atoms with Crippen molar-refractivity contribution in [3.8, 4) is 23.0 Å². The molecule has 4 aliphatic rings. The van der Waals surface area contributed by atoms with E-state index in [-0.39, 0.29) is 44.7 Å². The van der Waals surface area contributed by atoms with Gasteiger partial charge in [-0.05, 0) is 126 Å². The molecule has 0 radical (unpaired) electrons. The van der Waals surface area contributed by atoms with E-state index in [1.165, 1.54) is 69.0 Å². The zero-order valence-corrected chi connectivity index (χ0v) is 53.1. The topological polar surface area (TPSA) is 73.0 Å². The third kappa shape index (κ3) is 13.4. The molecular weight excluding hydrogens is 1180 g/mol. The molecule has 16 rings (SSSR count). The van der Waals surface area contributed by atoms with Crippen LogP contribution in [0.3, 0.4) is 0 Å². The van der Waals surface area contributed by atoms with Crippen LogP contribution < -0.4 is 34.9 Å². The zero-order chi connectivity index (χ0) is 59.3. The smallest absolute Gasteiger partial charge is 0.148 e. The first-order valence-electron chi connectivity index (χ1n) is 30.6. The fraction of sp³-hybridized carbons (Fsp3) is 0.291. The van der Waals surface area contributed by atoms with Crippen molar-refractivity contribution in [1.82, 2.24) is 16.0 Å². The van der Waals surface area contributed by atoms with Gasteiger partial charge in [0, 0.05) is 104 Å². The van der Waals surface area contributed by atoms with Gasteiger partial charge in [0.25, 0.3) is 0 Å². The molecular formula is C79H87N3O4S4. The maximum atomic E-state index is 6.61. The van der Waals surface area contributed by atoms with Gasteiger partial charge in [0.15, 0.2) is 0 Å². The lowest BCUT2D eigenvalue weighted by molar-refractivity contribution is 0.166. The van der Waals surface area contributed by atoms with E-state index >= 15 is 0 Å². The molecule has 466 valence electrons. The van der Waals surface area contributed by atoms with E-state index in [4.69, 9.17) is 18.9 Å². The van der Waals surface area contributed by atoms with E-state index in [9.17, 15) is 0 Å². The van der Waals surface area contributed by atoms with Gasteiger partial charge >= 0.3 is 0 Å². The van der Waals surface area contributed by atoms with Crippen LogP contribution in [0.4, 0.5) is 0 Å². The van der Waals surface area contributed by atoms with Gasteiger partial charge in [-0.25, -0.2) is 0 Å². The molecule has 11 heteroatoms. The summed E-state index contributed by atoms with van der Waals surface area (Å²) >= 11 is 7.19. The van der Waals surface area contributed by atoms with Crippen molar-refractivity contribution in [3.05, 3.63) is 259 Å². The largest absolute Gasteiger partial charge is 0.481 e. The molecule has 0 aliphatic heterocycles. The maximum absolute atomic E-state index is 6.61. The Morgan fingerprint density at radius 2 is 0.544 bits per heavy atom. The second-order valence-electron chi connectivity index (χ2n) is 23.5. The molecule has 4 fully saturated rings. The first-order chi connectivity index (χ1) is 42.8. The van der Waals surface area contributed by atoms with Crippen molar-refractivity contribution in [2.24, 2.45) is 23.7 Å². The Morgan fingerprint density at radius 3 is 0.767 bits per heavy atom. The molecule has 3 N–H and O–H groups in total. The van der Waals surface area contributed by atoms with Gasteiger partial charge < -0.3 is 34.9 Å². The van der Waals surface area contributed by atoms with Crippen molar-refractivity contribution in [1.29, 1.82) is 0 Å². The fourth-order valence-corrected chi connectivity index (χ4v) is 16.9. The number of nitrogens with one attached hydrogen (secondary N) is 3. The SMILES string of the molecule is C.C.C.CC[C@H]1CC1(Oc1cccc2ccccc12)c1cccs1.CNC[C@@H]1CC1(Oc1cccc2ccccc12)c1cccs1.CNC[C@@H]1C[C@]1(Oc1cccc2ccccc12)c1cccs1.CNC[C@H]1C[C@]1(Oc1cccc2ccccc12)c1cccs1. The molecule has 8 aromatic carbocycles. The molecule has 90 heavy (non-hydrogen) atoms. The van der Waals surface area contributed by atoms with Crippen LogP contribution in [-0.4, -0.2) is 40.8 Å². The number of fused-ring (bicyclic) bond motifs is 4. The second-order valence-corrected chi connectivity index (χ2v) is 27.3. The average Bonchev–Trinajstić information content (AvgIpc) is 1.60. The number of hydrogen-bond acceptors (Lipinski definition) is 11. The van der Waals surface area contributed by atoms with Crippen LogP contribution in [0.1, 0.15) is 80.8 Å². The highest BCUT2D eigenvalue weighted by atomic mass is 32.1. The molecule has 2 unspecified atom stereocenters. The first-order valence-corrected chi connectivity index (χ1v) is 34.1. The molecule has 8 atom stereocenters. The van der Waals surface area contributed by atoms with Crippen LogP contribution in [0.25, 0.3) is 43.1 Å². The van der Waals surface area contributed by atoms with Crippen molar-refractivity contribution < 1.29 is 18.9 Å². The third-order valence-corrected chi connectivity index (χ3v) is 22.1. The Kier molecular flexibility index (Phi) is 21.1. The Bertz CT molecular complexity index is 3850. The maximum Gasteiger partial charge on any atom is 0.148 e. The zero-order valence-electron chi connectivity index (χ0n) is 49.8. The van der Waals surface area contributed by atoms with Gasteiger partial charge in [-0.1, -0.05) is 199 Å². The summed E-state index contributed by atoms with van der Waals surface area (Å²) in [5.74, 6) is 6.23. The molecule has 4 aliphatic carbocycles. The lowest BCUT2D eigenvalue weighted by Crippen LogP contribution is -2.22. The number of hydrogen-bond donors (Lipinski definition) is 3. The molecule has 4 saturated carbocycles. The summed E-state index contributed by atoms with van der Waals surface area (Å²) in [4.78, 5) is 5.37. The lowest BCUT2D eigenvalue weighted by Gasteiger charge is -2.20. The molecule has 4 heterocycles. The third-order valence-electron chi connectivity index (χ3n) is 18.0. The molecule has 0 amide bonds. The number of ether oxygens (including phenoxy) is 4. The van der Waals surface area contributed by atoms with Crippen molar-refractivity contribution in [2.75, 3.05) is 40.8 Å². The van der Waals surface area contributed by atoms with E-state index < -0.39 is 0 Å². The summed E-state index contributed by atoms with van der Waals surface area (Å²) in [5, 5.41) is 28.1. The summed E-state index contributed by atoms with van der Waals surface area (Å²) in [6, 6.07) is 76.2. The van der Waals surface area contributed by atoms with Crippen LogP contribution in [0.5, 0.6) is 23.0 Å². The highest BCUT2D eigenvalue weighted by Crippen LogP contribution is 2.60. The predicted octanol–water partition coefficient (Wildman–Crippen LogP) is 20.8. The average molecular weight is 1270 g/mol. The molecule has 0 bridgehead atoms. The van der Waals surface area contributed by atoms with Crippen LogP contribution in [0.2, 0.25) is 0 Å². The normalized spacial score (nSPS) is 22.9. The summed E-state index contributed by atoms with van der Waals surface area (Å²) in [6.07, 6.45) is 5.54. The first kappa shape index (κ1) is 65.6. The highest BCUT2D eigenvalue weighted by Gasteiger charge is 2.61. The minimum absolute atomic E-state index is 0.